The summed E-state index contributed by atoms with van der Waals surface area (Å²) in [5.74, 6) is 1.06. The molecule has 2 aromatic rings. The second-order valence-corrected chi connectivity index (χ2v) is 5.39. The van der Waals surface area contributed by atoms with Crippen molar-refractivity contribution in [3.8, 4) is 0 Å². The number of rotatable bonds is 4. The van der Waals surface area contributed by atoms with Gasteiger partial charge in [-0.05, 0) is 13.8 Å². The van der Waals surface area contributed by atoms with Crippen molar-refractivity contribution >= 4 is 11.7 Å². The zero-order chi connectivity index (χ0) is 16.7. The first-order valence-electron chi connectivity index (χ1n) is 7.77. The molecule has 0 heterocycles. The van der Waals surface area contributed by atoms with E-state index in [0.717, 1.165) is 17.0 Å². The number of amidine groups is 2. The zero-order valence-electron chi connectivity index (χ0n) is 13.9. The van der Waals surface area contributed by atoms with Gasteiger partial charge in [0, 0.05) is 24.2 Å². The fraction of sp³-hybridized carbons (Fsp3) is 0.200. The zero-order valence-corrected chi connectivity index (χ0v) is 13.9. The standard InChI is InChI=1S/C20H23N3/c1-4-11-16(2)23(3)20(18-14-9-6-10-15-18)22-19(21)17-12-7-5-8-13-17/h4-16,21H,1-3H3/b11-4-,21-19?,22-20-. The highest BCUT2D eigenvalue weighted by molar-refractivity contribution is 6.10. The first kappa shape index (κ1) is 16.7. The lowest BCUT2D eigenvalue weighted by molar-refractivity contribution is 0.453. The highest BCUT2D eigenvalue weighted by Gasteiger charge is 2.15. The number of nitrogens with zero attached hydrogens (tertiary/aromatic N) is 2. The maximum Gasteiger partial charge on any atom is 0.154 e. The van der Waals surface area contributed by atoms with Crippen molar-refractivity contribution in [1.29, 1.82) is 5.41 Å². The van der Waals surface area contributed by atoms with E-state index in [2.05, 4.69) is 22.9 Å². The van der Waals surface area contributed by atoms with Crippen LogP contribution in [0, 0.1) is 5.41 Å². The average molecular weight is 305 g/mol. The van der Waals surface area contributed by atoms with E-state index in [9.17, 15) is 0 Å². The lowest BCUT2D eigenvalue weighted by atomic mass is 10.1. The van der Waals surface area contributed by atoms with Crippen LogP contribution in [0.3, 0.4) is 0 Å². The van der Waals surface area contributed by atoms with Gasteiger partial charge in [0.25, 0.3) is 0 Å². The fourth-order valence-electron chi connectivity index (χ4n) is 2.30. The molecule has 0 fully saturated rings. The van der Waals surface area contributed by atoms with Gasteiger partial charge in [-0.15, -0.1) is 0 Å². The molecule has 0 saturated heterocycles. The highest BCUT2D eigenvalue weighted by atomic mass is 15.2. The molecule has 1 atom stereocenters. The van der Waals surface area contributed by atoms with Gasteiger partial charge in [0.05, 0.1) is 0 Å². The van der Waals surface area contributed by atoms with Crippen LogP contribution in [-0.4, -0.2) is 29.7 Å². The smallest absolute Gasteiger partial charge is 0.154 e. The third-order valence-electron chi connectivity index (χ3n) is 3.71. The molecule has 0 aliphatic heterocycles. The van der Waals surface area contributed by atoms with Crippen molar-refractivity contribution in [2.75, 3.05) is 7.05 Å². The minimum Gasteiger partial charge on any atom is -0.353 e. The largest absolute Gasteiger partial charge is 0.353 e. The van der Waals surface area contributed by atoms with Gasteiger partial charge in [-0.3, -0.25) is 5.41 Å². The van der Waals surface area contributed by atoms with Crippen molar-refractivity contribution in [1.82, 2.24) is 4.90 Å². The predicted octanol–water partition coefficient (Wildman–Crippen LogP) is 4.36. The number of hydrogen-bond donors (Lipinski definition) is 1. The summed E-state index contributed by atoms with van der Waals surface area (Å²) in [5, 5.41) is 8.31. The molecule has 118 valence electrons. The van der Waals surface area contributed by atoms with E-state index in [1.165, 1.54) is 0 Å². The van der Waals surface area contributed by atoms with Crippen LogP contribution >= 0.6 is 0 Å². The predicted molar refractivity (Wildman–Crippen MR) is 98.3 cm³/mol. The quantitative estimate of drug-likeness (QED) is 0.509. The molecule has 23 heavy (non-hydrogen) atoms. The summed E-state index contributed by atoms with van der Waals surface area (Å²) in [7, 11) is 2.01. The Morgan fingerprint density at radius 2 is 1.52 bits per heavy atom. The number of aliphatic imine (C=N–C) groups is 1. The summed E-state index contributed by atoms with van der Waals surface area (Å²) in [6.45, 7) is 4.13. The Morgan fingerprint density at radius 3 is 2.04 bits per heavy atom. The van der Waals surface area contributed by atoms with E-state index >= 15 is 0 Å². The molecule has 1 unspecified atom stereocenters. The third kappa shape index (κ3) is 4.39. The monoisotopic (exact) mass is 305 g/mol. The van der Waals surface area contributed by atoms with Crippen LogP contribution in [-0.2, 0) is 0 Å². The Balaban J connectivity index is 2.41. The Morgan fingerprint density at radius 1 is 1.00 bits per heavy atom. The molecule has 2 aromatic carbocycles. The third-order valence-corrected chi connectivity index (χ3v) is 3.71. The van der Waals surface area contributed by atoms with Crippen molar-refractivity contribution < 1.29 is 0 Å². The van der Waals surface area contributed by atoms with Crippen LogP contribution in [0.4, 0.5) is 0 Å². The molecule has 2 rings (SSSR count). The first-order valence-corrected chi connectivity index (χ1v) is 7.77. The Labute approximate surface area is 138 Å². The van der Waals surface area contributed by atoms with E-state index in [0.29, 0.717) is 0 Å². The highest BCUT2D eigenvalue weighted by Crippen LogP contribution is 2.11. The normalized spacial score (nSPS) is 13.1. The van der Waals surface area contributed by atoms with Crippen LogP contribution in [0.15, 0.2) is 77.8 Å². The van der Waals surface area contributed by atoms with Crippen LogP contribution in [0.1, 0.15) is 25.0 Å². The van der Waals surface area contributed by atoms with Gasteiger partial charge >= 0.3 is 0 Å². The molecule has 1 N–H and O–H groups in total. The van der Waals surface area contributed by atoms with Crippen LogP contribution in [0.5, 0.6) is 0 Å². The summed E-state index contributed by atoms with van der Waals surface area (Å²) >= 11 is 0. The molecule has 0 aliphatic rings. The summed E-state index contributed by atoms with van der Waals surface area (Å²) in [6, 6.07) is 19.8. The van der Waals surface area contributed by atoms with Gasteiger partial charge in [0.1, 0.15) is 5.84 Å². The summed E-state index contributed by atoms with van der Waals surface area (Å²) in [4.78, 5) is 6.70. The molecular weight excluding hydrogens is 282 g/mol. The molecule has 3 nitrogen and oxygen atoms in total. The Hall–Kier alpha value is -2.68. The second-order valence-electron chi connectivity index (χ2n) is 5.39. The Bertz CT molecular complexity index is 687. The first-order chi connectivity index (χ1) is 11.1. The van der Waals surface area contributed by atoms with Gasteiger partial charge in [-0.1, -0.05) is 72.8 Å². The number of hydrogen-bond acceptors (Lipinski definition) is 1. The average Bonchev–Trinajstić information content (AvgIpc) is 2.60. The number of nitrogens with one attached hydrogen (secondary N) is 1. The molecule has 3 heteroatoms. The molecule has 0 aromatic heterocycles. The molecule has 0 spiro atoms. The molecule has 0 saturated carbocycles. The van der Waals surface area contributed by atoms with Gasteiger partial charge in [-0.25, -0.2) is 4.99 Å². The van der Waals surface area contributed by atoms with E-state index in [4.69, 9.17) is 5.41 Å². The summed E-state index contributed by atoms with van der Waals surface area (Å²) in [6.07, 6.45) is 4.15. The maximum atomic E-state index is 8.31. The topological polar surface area (TPSA) is 39.5 Å². The van der Waals surface area contributed by atoms with Crippen molar-refractivity contribution in [2.45, 2.75) is 19.9 Å². The molecule has 0 radical (unpaired) electrons. The van der Waals surface area contributed by atoms with Crippen molar-refractivity contribution in [2.24, 2.45) is 4.99 Å². The molecule has 0 bridgehead atoms. The van der Waals surface area contributed by atoms with Crippen LogP contribution in [0.25, 0.3) is 0 Å². The van der Waals surface area contributed by atoms with Crippen LogP contribution < -0.4 is 0 Å². The number of benzene rings is 2. The number of allylic oxidation sites excluding steroid dienone is 1. The van der Waals surface area contributed by atoms with Crippen molar-refractivity contribution in [3.63, 3.8) is 0 Å². The minimum atomic E-state index is 0.197. The van der Waals surface area contributed by atoms with E-state index in [1.807, 2.05) is 80.7 Å². The van der Waals surface area contributed by atoms with E-state index < -0.39 is 0 Å². The molecule has 0 amide bonds. The van der Waals surface area contributed by atoms with Gasteiger partial charge in [-0.2, -0.15) is 0 Å². The Kier molecular flexibility index (Phi) is 5.87. The minimum absolute atomic E-state index is 0.197. The van der Waals surface area contributed by atoms with Gasteiger partial charge in [0.2, 0.25) is 0 Å². The molecular formula is C20H23N3. The van der Waals surface area contributed by atoms with Gasteiger partial charge < -0.3 is 4.90 Å². The molecule has 0 aliphatic carbocycles. The van der Waals surface area contributed by atoms with Crippen molar-refractivity contribution in [3.05, 3.63) is 83.9 Å². The SMILES string of the molecule is C/C=C\C(C)N(C)/C(=N\C(=N)c1ccccc1)c1ccccc1. The summed E-state index contributed by atoms with van der Waals surface area (Å²) in [5.41, 5.74) is 1.82. The maximum absolute atomic E-state index is 8.31. The van der Waals surface area contributed by atoms with E-state index in [-0.39, 0.29) is 11.9 Å². The fourth-order valence-corrected chi connectivity index (χ4v) is 2.30. The number of likely N-dealkylation sites (N-methyl/N-ethyl adjacent to an activating group) is 1. The van der Waals surface area contributed by atoms with Crippen LogP contribution in [0.2, 0.25) is 0 Å². The van der Waals surface area contributed by atoms with E-state index in [1.54, 1.807) is 0 Å². The second kappa shape index (κ2) is 8.08. The van der Waals surface area contributed by atoms with Gasteiger partial charge in [0.15, 0.2) is 5.84 Å². The lowest BCUT2D eigenvalue weighted by Crippen LogP contribution is -2.35. The summed E-state index contributed by atoms with van der Waals surface area (Å²) < 4.78 is 0. The lowest BCUT2D eigenvalue weighted by Gasteiger charge is -2.26.